The fourth-order valence-corrected chi connectivity index (χ4v) is 2.26. The Morgan fingerprint density at radius 1 is 1.19 bits per heavy atom. The average Bonchev–Trinajstić information content (AvgIpc) is 2.27. The summed E-state index contributed by atoms with van der Waals surface area (Å²) in [6.07, 6.45) is 0. The van der Waals surface area contributed by atoms with Gasteiger partial charge in [-0.25, -0.2) is 0 Å². The molecule has 0 amide bonds. The van der Waals surface area contributed by atoms with Crippen LogP contribution in [0, 0.1) is 0 Å². The molecule has 1 aliphatic heterocycles. The summed E-state index contributed by atoms with van der Waals surface area (Å²) < 4.78 is 0. The van der Waals surface area contributed by atoms with Gasteiger partial charge in [-0.1, -0.05) is 6.07 Å². The zero-order chi connectivity index (χ0) is 11.7. The fourth-order valence-electron chi connectivity index (χ4n) is 2.26. The standard InChI is InChI=1S/C13H21N3/c1-15(2)11-5-6-12-10(7-11)8-14-9-13(12)16(3)4/h5-7,13-14H,8-9H2,1-4H3/t13-/m1/s1. The minimum atomic E-state index is 0.500. The Hall–Kier alpha value is -1.06. The maximum Gasteiger partial charge on any atom is 0.0470 e. The highest BCUT2D eigenvalue weighted by atomic mass is 15.1. The van der Waals surface area contributed by atoms with Crippen molar-refractivity contribution in [1.82, 2.24) is 10.2 Å². The van der Waals surface area contributed by atoms with E-state index in [0.29, 0.717) is 6.04 Å². The molecule has 0 aliphatic carbocycles. The highest BCUT2D eigenvalue weighted by Gasteiger charge is 2.21. The summed E-state index contributed by atoms with van der Waals surface area (Å²) in [7, 11) is 8.45. The van der Waals surface area contributed by atoms with E-state index in [0.717, 1.165) is 13.1 Å². The number of nitrogens with zero attached hydrogens (tertiary/aromatic N) is 2. The third kappa shape index (κ3) is 2.06. The maximum atomic E-state index is 3.48. The van der Waals surface area contributed by atoms with E-state index >= 15 is 0 Å². The molecule has 0 fully saturated rings. The molecule has 1 N–H and O–H groups in total. The van der Waals surface area contributed by atoms with Crippen molar-refractivity contribution < 1.29 is 0 Å². The molecule has 0 spiro atoms. The van der Waals surface area contributed by atoms with Gasteiger partial charge in [0.05, 0.1) is 0 Å². The lowest BCUT2D eigenvalue weighted by Gasteiger charge is -2.32. The summed E-state index contributed by atoms with van der Waals surface area (Å²) in [5.41, 5.74) is 4.17. The van der Waals surface area contributed by atoms with Crippen molar-refractivity contribution in [2.24, 2.45) is 0 Å². The number of likely N-dealkylation sites (N-methyl/N-ethyl adjacent to an activating group) is 1. The molecule has 0 saturated heterocycles. The maximum absolute atomic E-state index is 3.48. The number of hydrogen-bond acceptors (Lipinski definition) is 3. The van der Waals surface area contributed by atoms with Crippen LogP contribution in [0.15, 0.2) is 18.2 Å². The van der Waals surface area contributed by atoms with E-state index in [2.05, 4.69) is 61.5 Å². The van der Waals surface area contributed by atoms with Gasteiger partial charge in [0.25, 0.3) is 0 Å². The van der Waals surface area contributed by atoms with Gasteiger partial charge in [-0.15, -0.1) is 0 Å². The van der Waals surface area contributed by atoms with Crippen LogP contribution in [0.4, 0.5) is 5.69 Å². The molecular weight excluding hydrogens is 198 g/mol. The van der Waals surface area contributed by atoms with Crippen molar-refractivity contribution in [3.63, 3.8) is 0 Å². The molecule has 1 aromatic carbocycles. The first-order chi connectivity index (χ1) is 7.59. The summed E-state index contributed by atoms with van der Waals surface area (Å²) in [5, 5.41) is 3.48. The van der Waals surface area contributed by atoms with Gasteiger partial charge >= 0.3 is 0 Å². The predicted molar refractivity (Wildman–Crippen MR) is 68.9 cm³/mol. The number of benzene rings is 1. The third-order valence-electron chi connectivity index (χ3n) is 3.28. The van der Waals surface area contributed by atoms with Crippen LogP contribution in [0.25, 0.3) is 0 Å². The smallest absolute Gasteiger partial charge is 0.0470 e. The van der Waals surface area contributed by atoms with Crippen molar-refractivity contribution >= 4 is 5.69 Å². The van der Waals surface area contributed by atoms with Crippen LogP contribution in [0.3, 0.4) is 0 Å². The number of nitrogens with one attached hydrogen (secondary N) is 1. The number of hydrogen-bond donors (Lipinski definition) is 1. The van der Waals surface area contributed by atoms with Gasteiger partial charge in [0, 0.05) is 38.9 Å². The molecule has 88 valence electrons. The zero-order valence-electron chi connectivity index (χ0n) is 10.6. The first-order valence-corrected chi connectivity index (χ1v) is 5.77. The van der Waals surface area contributed by atoms with E-state index in [1.54, 1.807) is 0 Å². The summed E-state index contributed by atoms with van der Waals surface area (Å²) >= 11 is 0. The molecule has 1 aliphatic rings. The van der Waals surface area contributed by atoms with Crippen molar-refractivity contribution in [2.45, 2.75) is 12.6 Å². The van der Waals surface area contributed by atoms with Crippen LogP contribution in [-0.4, -0.2) is 39.6 Å². The first kappa shape index (κ1) is 11.4. The van der Waals surface area contributed by atoms with E-state index in [9.17, 15) is 0 Å². The summed E-state index contributed by atoms with van der Waals surface area (Å²) in [4.78, 5) is 4.43. The van der Waals surface area contributed by atoms with E-state index in [-0.39, 0.29) is 0 Å². The lowest BCUT2D eigenvalue weighted by molar-refractivity contribution is 0.276. The Balaban J connectivity index is 2.37. The van der Waals surface area contributed by atoms with Gasteiger partial charge in [0.2, 0.25) is 0 Å². The largest absolute Gasteiger partial charge is 0.378 e. The van der Waals surface area contributed by atoms with Crippen molar-refractivity contribution in [3.05, 3.63) is 29.3 Å². The molecule has 0 saturated carbocycles. The predicted octanol–water partition coefficient (Wildman–Crippen LogP) is 1.46. The lowest BCUT2D eigenvalue weighted by atomic mass is 9.95. The van der Waals surface area contributed by atoms with Crippen molar-refractivity contribution in [3.8, 4) is 0 Å². The Morgan fingerprint density at radius 3 is 2.56 bits per heavy atom. The van der Waals surface area contributed by atoms with Crippen LogP contribution in [0.2, 0.25) is 0 Å². The van der Waals surface area contributed by atoms with Gasteiger partial charge in [0.15, 0.2) is 0 Å². The third-order valence-corrected chi connectivity index (χ3v) is 3.28. The normalized spacial score (nSPS) is 19.7. The van der Waals surface area contributed by atoms with Gasteiger partial charge < -0.3 is 15.1 Å². The Labute approximate surface area is 98.0 Å². The van der Waals surface area contributed by atoms with Gasteiger partial charge in [-0.3, -0.25) is 0 Å². The molecule has 3 heteroatoms. The fraction of sp³-hybridized carbons (Fsp3) is 0.538. The summed E-state index contributed by atoms with van der Waals surface area (Å²) in [5.74, 6) is 0. The monoisotopic (exact) mass is 219 g/mol. The van der Waals surface area contributed by atoms with Gasteiger partial charge in [-0.05, 0) is 37.4 Å². The molecule has 1 heterocycles. The second-order valence-corrected chi connectivity index (χ2v) is 4.89. The van der Waals surface area contributed by atoms with Gasteiger partial charge in [0.1, 0.15) is 0 Å². The molecule has 3 nitrogen and oxygen atoms in total. The zero-order valence-corrected chi connectivity index (χ0v) is 10.6. The Kier molecular flexibility index (Phi) is 3.17. The lowest BCUT2D eigenvalue weighted by Crippen LogP contribution is -2.36. The summed E-state index contributed by atoms with van der Waals surface area (Å²) in [6, 6.07) is 7.27. The van der Waals surface area contributed by atoms with Crippen LogP contribution in [0.5, 0.6) is 0 Å². The van der Waals surface area contributed by atoms with Crippen molar-refractivity contribution in [1.29, 1.82) is 0 Å². The molecule has 2 rings (SSSR count). The second-order valence-electron chi connectivity index (χ2n) is 4.89. The molecule has 1 atom stereocenters. The first-order valence-electron chi connectivity index (χ1n) is 5.77. The molecule has 0 bridgehead atoms. The second kappa shape index (κ2) is 4.44. The van der Waals surface area contributed by atoms with Gasteiger partial charge in [-0.2, -0.15) is 0 Å². The SMILES string of the molecule is CN(C)c1ccc2c(c1)CNC[C@H]2N(C)C. The highest BCUT2D eigenvalue weighted by molar-refractivity contribution is 5.51. The molecule has 0 unspecified atom stereocenters. The minimum Gasteiger partial charge on any atom is -0.378 e. The van der Waals surface area contributed by atoms with Crippen molar-refractivity contribution in [2.75, 3.05) is 39.6 Å². The number of fused-ring (bicyclic) bond motifs is 1. The van der Waals surface area contributed by atoms with E-state index < -0.39 is 0 Å². The van der Waals surface area contributed by atoms with E-state index in [1.807, 2.05) is 0 Å². The quantitative estimate of drug-likeness (QED) is 0.812. The van der Waals surface area contributed by atoms with E-state index in [4.69, 9.17) is 0 Å². The van der Waals surface area contributed by atoms with E-state index in [1.165, 1.54) is 16.8 Å². The van der Waals surface area contributed by atoms with Crippen LogP contribution >= 0.6 is 0 Å². The number of rotatable bonds is 2. The molecule has 0 aromatic heterocycles. The highest BCUT2D eigenvalue weighted by Crippen LogP contribution is 2.28. The number of anilines is 1. The topological polar surface area (TPSA) is 18.5 Å². The van der Waals surface area contributed by atoms with Crippen LogP contribution in [0.1, 0.15) is 17.2 Å². The average molecular weight is 219 g/mol. The Bertz CT molecular complexity index is 371. The van der Waals surface area contributed by atoms with Crippen LogP contribution in [-0.2, 0) is 6.54 Å². The summed E-state index contributed by atoms with van der Waals surface area (Å²) in [6.45, 7) is 2.03. The van der Waals surface area contributed by atoms with Crippen LogP contribution < -0.4 is 10.2 Å². The Morgan fingerprint density at radius 2 is 1.94 bits per heavy atom. The molecule has 1 aromatic rings. The minimum absolute atomic E-state index is 0.500. The molecular formula is C13H21N3. The molecule has 0 radical (unpaired) electrons. The molecule has 16 heavy (non-hydrogen) atoms.